The van der Waals surface area contributed by atoms with Crippen molar-refractivity contribution >= 4 is 16.0 Å². The molecular weight excluding hydrogens is 292 g/mol. The smallest absolute Gasteiger partial charge is 0.322 e. The maximum atomic E-state index is 13.6. The third-order valence-electron chi connectivity index (χ3n) is 3.22. The van der Waals surface area contributed by atoms with Gasteiger partial charge in [-0.1, -0.05) is 0 Å². The summed E-state index contributed by atoms with van der Waals surface area (Å²) >= 11 is 0. The molecule has 1 heterocycles. The van der Waals surface area contributed by atoms with Crippen molar-refractivity contribution in [3.63, 3.8) is 0 Å². The van der Waals surface area contributed by atoms with Crippen molar-refractivity contribution in [3.05, 3.63) is 29.8 Å². The van der Waals surface area contributed by atoms with Crippen molar-refractivity contribution in [3.8, 4) is 0 Å². The van der Waals surface area contributed by atoms with E-state index < -0.39 is 38.6 Å². The highest BCUT2D eigenvalue weighted by Crippen LogP contribution is 2.27. The lowest BCUT2D eigenvalue weighted by molar-refractivity contribution is -0.142. The maximum absolute atomic E-state index is 13.6. The molecule has 1 atom stereocenters. The monoisotopic (exact) mass is 305 g/mol. The zero-order valence-corrected chi connectivity index (χ0v) is 11.2. The van der Waals surface area contributed by atoms with E-state index in [-0.39, 0.29) is 13.0 Å². The van der Waals surface area contributed by atoms with E-state index in [1.54, 1.807) is 0 Å². The molecule has 5 nitrogen and oxygen atoms in total. The van der Waals surface area contributed by atoms with E-state index in [9.17, 15) is 22.0 Å². The van der Waals surface area contributed by atoms with Crippen LogP contribution in [0.5, 0.6) is 0 Å². The number of benzene rings is 1. The summed E-state index contributed by atoms with van der Waals surface area (Å²) in [5.41, 5.74) is 0. The molecule has 1 aromatic rings. The molecule has 1 aliphatic heterocycles. The summed E-state index contributed by atoms with van der Waals surface area (Å²) in [6.07, 6.45) is 1.28. The van der Waals surface area contributed by atoms with E-state index in [4.69, 9.17) is 5.11 Å². The molecule has 0 aliphatic carbocycles. The van der Waals surface area contributed by atoms with Crippen molar-refractivity contribution in [2.24, 2.45) is 0 Å². The number of carboxylic acids is 1. The fourth-order valence-corrected chi connectivity index (χ4v) is 3.95. The van der Waals surface area contributed by atoms with Crippen molar-refractivity contribution < 1.29 is 27.1 Å². The first-order valence-electron chi connectivity index (χ1n) is 6.04. The van der Waals surface area contributed by atoms with Gasteiger partial charge in [0.2, 0.25) is 10.0 Å². The normalized spacial score (nSPS) is 20.8. The number of hydrogen-bond donors (Lipinski definition) is 1. The lowest BCUT2D eigenvalue weighted by atomic mass is 10.1. The molecule has 0 unspecified atom stereocenters. The second kappa shape index (κ2) is 5.45. The SMILES string of the molecule is O=C(O)[C@@H]1CCCCN1S(=O)(=O)c1ccc(F)cc1F. The van der Waals surface area contributed by atoms with Crippen molar-refractivity contribution in [2.75, 3.05) is 6.54 Å². The molecule has 0 bridgehead atoms. The standard InChI is InChI=1S/C12H13F2NO4S/c13-8-4-5-11(9(14)7-8)20(18,19)15-6-2-1-3-10(15)12(16)17/h4-5,7,10H,1-3,6H2,(H,16,17)/t10-/m0/s1. The zero-order valence-electron chi connectivity index (χ0n) is 10.4. The van der Waals surface area contributed by atoms with Crippen LogP contribution in [0.2, 0.25) is 0 Å². The fraction of sp³-hybridized carbons (Fsp3) is 0.417. The van der Waals surface area contributed by atoms with Gasteiger partial charge < -0.3 is 5.11 Å². The highest BCUT2D eigenvalue weighted by atomic mass is 32.2. The van der Waals surface area contributed by atoms with Crippen LogP contribution in [0.25, 0.3) is 0 Å². The van der Waals surface area contributed by atoms with Crippen LogP contribution in [0.3, 0.4) is 0 Å². The quantitative estimate of drug-likeness (QED) is 0.920. The summed E-state index contributed by atoms with van der Waals surface area (Å²) in [5, 5.41) is 9.07. The minimum atomic E-state index is -4.29. The summed E-state index contributed by atoms with van der Waals surface area (Å²) in [7, 11) is -4.29. The molecule has 0 aromatic heterocycles. The summed E-state index contributed by atoms with van der Waals surface area (Å²) in [5.74, 6) is -3.38. The van der Waals surface area contributed by atoms with E-state index in [1.165, 1.54) is 0 Å². The number of aliphatic carboxylic acids is 1. The van der Waals surface area contributed by atoms with Gasteiger partial charge in [0.25, 0.3) is 0 Å². The van der Waals surface area contributed by atoms with Crippen LogP contribution in [-0.4, -0.2) is 36.4 Å². The lowest BCUT2D eigenvalue weighted by Crippen LogP contribution is -2.48. The van der Waals surface area contributed by atoms with Crippen LogP contribution in [0.1, 0.15) is 19.3 Å². The molecule has 0 spiro atoms. The maximum Gasteiger partial charge on any atom is 0.322 e. The minimum Gasteiger partial charge on any atom is -0.480 e. The molecule has 1 aromatic carbocycles. The molecule has 2 rings (SSSR count). The molecular formula is C12H13F2NO4S. The van der Waals surface area contributed by atoms with E-state index in [0.29, 0.717) is 18.9 Å². The Hall–Kier alpha value is -1.54. The molecule has 1 aliphatic rings. The van der Waals surface area contributed by atoms with Crippen molar-refractivity contribution in [2.45, 2.75) is 30.2 Å². The van der Waals surface area contributed by atoms with Gasteiger partial charge in [-0.3, -0.25) is 4.79 Å². The van der Waals surface area contributed by atoms with Gasteiger partial charge in [0, 0.05) is 12.6 Å². The zero-order chi connectivity index (χ0) is 14.9. The van der Waals surface area contributed by atoms with E-state index >= 15 is 0 Å². The Balaban J connectivity index is 2.45. The van der Waals surface area contributed by atoms with Crippen molar-refractivity contribution in [1.29, 1.82) is 0 Å². The number of hydrogen-bond acceptors (Lipinski definition) is 3. The van der Waals surface area contributed by atoms with Crippen LogP contribution in [0.4, 0.5) is 8.78 Å². The number of sulfonamides is 1. The van der Waals surface area contributed by atoms with Crippen LogP contribution in [0, 0.1) is 11.6 Å². The average molecular weight is 305 g/mol. The molecule has 8 heteroatoms. The highest BCUT2D eigenvalue weighted by Gasteiger charge is 2.38. The number of halogens is 2. The largest absolute Gasteiger partial charge is 0.480 e. The van der Waals surface area contributed by atoms with Crippen LogP contribution >= 0.6 is 0 Å². The van der Waals surface area contributed by atoms with Crippen molar-refractivity contribution in [1.82, 2.24) is 4.31 Å². The van der Waals surface area contributed by atoms with Gasteiger partial charge in [0.1, 0.15) is 22.6 Å². The molecule has 110 valence electrons. The molecule has 20 heavy (non-hydrogen) atoms. The first-order valence-corrected chi connectivity index (χ1v) is 7.48. The highest BCUT2D eigenvalue weighted by molar-refractivity contribution is 7.89. The van der Waals surface area contributed by atoms with E-state index in [2.05, 4.69) is 0 Å². The predicted octanol–water partition coefficient (Wildman–Crippen LogP) is 1.59. The summed E-state index contributed by atoms with van der Waals surface area (Å²) in [6, 6.07) is 0.897. The van der Waals surface area contributed by atoms with Crippen LogP contribution in [-0.2, 0) is 14.8 Å². The Morgan fingerprint density at radius 3 is 2.60 bits per heavy atom. The average Bonchev–Trinajstić information content (AvgIpc) is 2.38. The number of piperidine rings is 1. The molecule has 0 saturated carbocycles. The van der Waals surface area contributed by atoms with Gasteiger partial charge in [0.15, 0.2) is 0 Å². The number of nitrogens with zero attached hydrogens (tertiary/aromatic N) is 1. The first kappa shape index (κ1) is 14.9. The van der Waals surface area contributed by atoms with Gasteiger partial charge in [0.05, 0.1) is 0 Å². The second-order valence-corrected chi connectivity index (χ2v) is 6.40. The van der Waals surface area contributed by atoms with E-state index in [0.717, 1.165) is 16.4 Å². The Kier molecular flexibility index (Phi) is 4.05. The Morgan fingerprint density at radius 2 is 2.00 bits per heavy atom. The third kappa shape index (κ3) is 2.66. The van der Waals surface area contributed by atoms with Gasteiger partial charge in [-0.05, 0) is 31.4 Å². The summed E-state index contributed by atoms with van der Waals surface area (Å²) in [4.78, 5) is 10.4. The Bertz CT molecular complexity index is 632. The Labute approximate surface area is 114 Å². The molecule has 0 amide bonds. The molecule has 1 fully saturated rings. The molecule has 1 N–H and O–H groups in total. The first-order chi connectivity index (χ1) is 9.34. The van der Waals surface area contributed by atoms with Gasteiger partial charge in [-0.25, -0.2) is 17.2 Å². The number of carbonyl (C=O) groups is 1. The predicted molar refractivity (Wildman–Crippen MR) is 65.5 cm³/mol. The number of carboxylic acid groups (broad SMARTS) is 1. The topological polar surface area (TPSA) is 74.7 Å². The second-order valence-electron chi connectivity index (χ2n) is 4.54. The fourth-order valence-electron chi connectivity index (χ4n) is 2.25. The Morgan fingerprint density at radius 1 is 1.30 bits per heavy atom. The van der Waals surface area contributed by atoms with Crippen LogP contribution < -0.4 is 0 Å². The van der Waals surface area contributed by atoms with Crippen LogP contribution in [0.15, 0.2) is 23.1 Å². The van der Waals surface area contributed by atoms with E-state index in [1.807, 2.05) is 0 Å². The number of rotatable bonds is 3. The third-order valence-corrected chi connectivity index (χ3v) is 5.16. The lowest BCUT2D eigenvalue weighted by Gasteiger charge is -2.31. The molecule has 0 radical (unpaired) electrons. The van der Waals surface area contributed by atoms with Gasteiger partial charge >= 0.3 is 5.97 Å². The molecule has 1 saturated heterocycles. The summed E-state index contributed by atoms with van der Waals surface area (Å²) < 4.78 is 51.9. The van der Waals surface area contributed by atoms with Gasteiger partial charge in [-0.15, -0.1) is 0 Å². The minimum absolute atomic E-state index is 0.0100. The van der Waals surface area contributed by atoms with Gasteiger partial charge in [-0.2, -0.15) is 4.31 Å². The summed E-state index contributed by atoms with van der Waals surface area (Å²) in [6.45, 7) is 0.0100.